The van der Waals surface area contributed by atoms with Gasteiger partial charge in [-0.3, -0.25) is 4.79 Å². The summed E-state index contributed by atoms with van der Waals surface area (Å²) >= 11 is 3.37. The fourth-order valence-corrected chi connectivity index (χ4v) is 3.05. The summed E-state index contributed by atoms with van der Waals surface area (Å²) in [5, 5.41) is 3.52. The minimum absolute atomic E-state index is 0.116. The number of hydrogen-bond donors (Lipinski definition) is 2. The zero-order valence-corrected chi connectivity index (χ0v) is 13.7. The molecule has 5 nitrogen and oxygen atoms in total. The van der Waals surface area contributed by atoms with Crippen molar-refractivity contribution in [2.75, 3.05) is 24.5 Å². The highest BCUT2D eigenvalue weighted by Gasteiger charge is 2.25. The van der Waals surface area contributed by atoms with Gasteiger partial charge in [-0.1, -0.05) is 13.8 Å². The van der Waals surface area contributed by atoms with Crippen LogP contribution in [0.25, 0.3) is 0 Å². The van der Waals surface area contributed by atoms with Crippen molar-refractivity contribution in [1.82, 2.24) is 15.3 Å². The van der Waals surface area contributed by atoms with E-state index < -0.39 is 0 Å². The highest BCUT2D eigenvalue weighted by atomic mass is 79.9. The van der Waals surface area contributed by atoms with Crippen LogP contribution in [0.15, 0.2) is 15.6 Å². The molecule has 0 saturated carbocycles. The molecule has 2 heterocycles. The Labute approximate surface area is 128 Å². The summed E-state index contributed by atoms with van der Waals surface area (Å²) in [6.45, 7) is 7.34. The van der Waals surface area contributed by atoms with E-state index in [1.807, 2.05) is 0 Å². The SMILES string of the molecule is CC(C)CNCC1CCCCN1c1nc[nH]c(=O)c1Br. The maximum Gasteiger partial charge on any atom is 0.267 e. The van der Waals surface area contributed by atoms with Crippen LogP contribution in [0.3, 0.4) is 0 Å². The summed E-state index contributed by atoms with van der Waals surface area (Å²) in [5.74, 6) is 1.42. The Morgan fingerprint density at radius 1 is 1.55 bits per heavy atom. The van der Waals surface area contributed by atoms with Crippen molar-refractivity contribution >= 4 is 21.7 Å². The predicted octanol–water partition coefficient (Wildman–Crippen LogP) is 2.14. The molecule has 1 unspecified atom stereocenters. The smallest absolute Gasteiger partial charge is 0.267 e. The quantitative estimate of drug-likeness (QED) is 0.860. The first-order chi connectivity index (χ1) is 9.59. The van der Waals surface area contributed by atoms with Crippen LogP contribution in [0.1, 0.15) is 33.1 Å². The van der Waals surface area contributed by atoms with E-state index in [9.17, 15) is 4.79 Å². The van der Waals surface area contributed by atoms with Gasteiger partial charge in [0.25, 0.3) is 5.56 Å². The van der Waals surface area contributed by atoms with E-state index >= 15 is 0 Å². The molecule has 0 aromatic carbocycles. The van der Waals surface area contributed by atoms with Crippen LogP contribution in [0.2, 0.25) is 0 Å². The second-order valence-electron chi connectivity index (χ2n) is 5.76. The molecule has 20 heavy (non-hydrogen) atoms. The Hall–Kier alpha value is -0.880. The van der Waals surface area contributed by atoms with Crippen molar-refractivity contribution in [3.63, 3.8) is 0 Å². The third-order valence-electron chi connectivity index (χ3n) is 3.61. The number of rotatable bonds is 5. The lowest BCUT2D eigenvalue weighted by Crippen LogP contribution is -2.47. The van der Waals surface area contributed by atoms with Crippen molar-refractivity contribution in [3.8, 4) is 0 Å². The van der Waals surface area contributed by atoms with E-state index in [2.05, 4.69) is 50.0 Å². The second-order valence-corrected chi connectivity index (χ2v) is 6.56. The van der Waals surface area contributed by atoms with Gasteiger partial charge in [0.15, 0.2) is 5.82 Å². The van der Waals surface area contributed by atoms with Crippen molar-refractivity contribution in [1.29, 1.82) is 0 Å². The lowest BCUT2D eigenvalue weighted by Gasteiger charge is -2.37. The summed E-state index contributed by atoms with van der Waals surface area (Å²) in [7, 11) is 0. The number of hydrogen-bond acceptors (Lipinski definition) is 4. The molecular weight excluding hydrogens is 320 g/mol. The molecule has 112 valence electrons. The van der Waals surface area contributed by atoms with Crippen LogP contribution in [0.4, 0.5) is 5.82 Å². The van der Waals surface area contributed by atoms with E-state index in [0.717, 1.165) is 38.3 Å². The van der Waals surface area contributed by atoms with Crippen molar-refractivity contribution < 1.29 is 0 Å². The Balaban J connectivity index is 2.10. The maximum absolute atomic E-state index is 11.7. The molecule has 1 saturated heterocycles. The van der Waals surface area contributed by atoms with Gasteiger partial charge in [-0.05, 0) is 47.7 Å². The topological polar surface area (TPSA) is 61.0 Å². The molecule has 1 aliphatic heterocycles. The number of H-pyrrole nitrogens is 1. The summed E-state index contributed by atoms with van der Waals surface area (Å²) in [4.78, 5) is 20.9. The minimum atomic E-state index is -0.116. The standard InChI is InChI=1S/C14H23BrN4O/c1-10(2)7-16-8-11-5-3-4-6-19(11)13-12(15)14(20)18-9-17-13/h9-11,16H,3-8H2,1-2H3,(H,17,18,20). The average molecular weight is 343 g/mol. The van der Waals surface area contributed by atoms with E-state index in [0.29, 0.717) is 16.4 Å². The molecule has 1 atom stereocenters. The Morgan fingerprint density at radius 3 is 3.10 bits per heavy atom. The van der Waals surface area contributed by atoms with Crippen molar-refractivity contribution in [2.45, 2.75) is 39.2 Å². The molecular formula is C14H23BrN4O. The Bertz CT molecular complexity index is 488. The Kier molecular flexibility index (Phi) is 5.60. The van der Waals surface area contributed by atoms with E-state index in [-0.39, 0.29) is 5.56 Å². The first kappa shape index (κ1) is 15.5. The molecule has 0 bridgehead atoms. The lowest BCUT2D eigenvalue weighted by atomic mass is 10.0. The fourth-order valence-electron chi connectivity index (χ4n) is 2.60. The first-order valence-electron chi connectivity index (χ1n) is 7.30. The van der Waals surface area contributed by atoms with Gasteiger partial charge in [-0.25, -0.2) is 4.98 Å². The maximum atomic E-state index is 11.7. The number of anilines is 1. The van der Waals surface area contributed by atoms with Gasteiger partial charge in [0.2, 0.25) is 0 Å². The number of aromatic amines is 1. The molecule has 0 aliphatic carbocycles. The number of piperidine rings is 1. The van der Waals surface area contributed by atoms with Crippen LogP contribution in [-0.4, -0.2) is 35.6 Å². The summed E-state index contributed by atoms with van der Waals surface area (Å²) < 4.78 is 0.538. The van der Waals surface area contributed by atoms with E-state index in [4.69, 9.17) is 0 Å². The number of aromatic nitrogens is 2. The highest BCUT2D eigenvalue weighted by Crippen LogP contribution is 2.26. The zero-order chi connectivity index (χ0) is 14.5. The molecule has 2 rings (SSSR count). The van der Waals surface area contributed by atoms with Gasteiger partial charge in [0.05, 0.1) is 6.33 Å². The summed E-state index contributed by atoms with van der Waals surface area (Å²) in [6.07, 6.45) is 5.02. The largest absolute Gasteiger partial charge is 0.351 e. The molecule has 1 fully saturated rings. The van der Waals surface area contributed by atoms with Crippen molar-refractivity contribution in [3.05, 3.63) is 21.2 Å². The van der Waals surface area contributed by atoms with Gasteiger partial charge in [-0.2, -0.15) is 0 Å². The third-order valence-corrected chi connectivity index (χ3v) is 4.32. The number of halogens is 1. The van der Waals surface area contributed by atoms with Gasteiger partial charge in [0, 0.05) is 19.1 Å². The van der Waals surface area contributed by atoms with Gasteiger partial charge in [-0.15, -0.1) is 0 Å². The molecule has 1 aromatic heterocycles. The van der Waals surface area contributed by atoms with Gasteiger partial charge in [0.1, 0.15) is 4.47 Å². The van der Waals surface area contributed by atoms with Crippen LogP contribution in [0, 0.1) is 5.92 Å². The lowest BCUT2D eigenvalue weighted by molar-refractivity contribution is 0.420. The molecule has 6 heteroatoms. The fraction of sp³-hybridized carbons (Fsp3) is 0.714. The molecule has 1 aromatic rings. The molecule has 1 aliphatic rings. The average Bonchev–Trinajstić information content (AvgIpc) is 2.42. The second kappa shape index (κ2) is 7.22. The van der Waals surface area contributed by atoms with Gasteiger partial charge >= 0.3 is 0 Å². The van der Waals surface area contributed by atoms with Crippen LogP contribution in [-0.2, 0) is 0 Å². The highest BCUT2D eigenvalue weighted by molar-refractivity contribution is 9.10. The zero-order valence-electron chi connectivity index (χ0n) is 12.2. The van der Waals surface area contributed by atoms with E-state index in [1.165, 1.54) is 12.7 Å². The van der Waals surface area contributed by atoms with Crippen LogP contribution in [0.5, 0.6) is 0 Å². The predicted molar refractivity (Wildman–Crippen MR) is 85.3 cm³/mol. The minimum Gasteiger partial charge on any atom is -0.351 e. The number of nitrogens with zero attached hydrogens (tertiary/aromatic N) is 2. The molecule has 0 amide bonds. The first-order valence-corrected chi connectivity index (χ1v) is 8.09. The molecule has 2 N–H and O–H groups in total. The van der Waals surface area contributed by atoms with Crippen molar-refractivity contribution in [2.24, 2.45) is 5.92 Å². The molecule has 0 spiro atoms. The summed E-state index contributed by atoms with van der Waals surface area (Å²) in [6, 6.07) is 0.410. The van der Waals surface area contributed by atoms with Crippen LogP contribution >= 0.6 is 15.9 Å². The number of nitrogens with one attached hydrogen (secondary N) is 2. The van der Waals surface area contributed by atoms with Crippen LogP contribution < -0.4 is 15.8 Å². The monoisotopic (exact) mass is 342 g/mol. The van der Waals surface area contributed by atoms with E-state index in [1.54, 1.807) is 0 Å². The summed E-state index contributed by atoms with van der Waals surface area (Å²) in [5.41, 5.74) is -0.116. The third kappa shape index (κ3) is 3.82. The van der Waals surface area contributed by atoms with Gasteiger partial charge < -0.3 is 15.2 Å². The normalized spacial score (nSPS) is 19.6. The Morgan fingerprint density at radius 2 is 2.35 bits per heavy atom. The molecule has 0 radical (unpaired) electrons.